The zero-order valence-corrected chi connectivity index (χ0v) is 6.28. The van der Waals surface area contributed by atoms with E-state index in [2.05, 4.69) is 0 Å². The molecular formula is C5H11Si. The summed E-state index contributed by atoms with van der Waals surface area (Å²) in [6.07, 6.45) is 4.13. The predicted molar refractivity (Wildman–Crippen MR) is 32.8 cm³/mol. The third-order valence-electron chi connectivity index (χ3n) is 0.724. The molecule has 0 unspecified atom stereocenters. The Kier molecular flexibility index (Phi) is 4.92. The van der Waals surface area contributed by atoms with Gasteiger partial charge in [-0.1, -0.05) is 25.1 Å². The van der Waals surface area contributed by atoms with Gasteiger partial charge in [0.2, 0.25) is 0 Å². The first-order valence-electron chi connectivity index (χ1n) is 2.45. The Bertz CT molecular complexity index is 32.9. The van der Waals surface area contributed by atoms with Crippen molar-refractivity contribution < 1.29 is 0 Å². The topological polar surface area (TPSA) is 0 Å². The van der Waals surface area contributed by atoms with Crippen LogP contribution in [0.1, 0.15) is 12.8 Å². The minimum atomic E-state index is 1.10. The molecule has 0 bridgehead atoms. The minimum absolute atomic E-state index is 1.10. The van der Waals surface area contributed by atoms with Crippen LogP contribution in [0, 0.1) is 6.58 Å². The summed E-state index contributed by atoms with van der Waals surface area (Å²) in [5, 5.41) is 0. The number of hydrogen-bond donors (Lipinski definition) is 0. The first-order chi connectivity index (χ1) is 2.91. The highest BCUT2D eigenvalue weighted by Gasteiger charge is 1.71. The van der Waals surface area contributed by atoms with Gasteiger partial charge < -0.3 is 0 Å². The zero-order chi connectivity index (χ0) is 4.83. The SMILES string of the molecule is [CH]=CCCC[SiH3]. The van der Waals surface area contributed by atoms with Crippen molar-refractivity contribution in [3.05, 3.63) is 12.7 Å². The fourth-order valence-corrected chi connectivity index (χ4v) is 0.730. The fourth-order valence-electron chi connectivity index (χ4n) is 0.322. The van der Waals surface area contributed by atoms with E-state index in [0.29, 0.717) is 0 Å². The molecule has 35 valence electrons. The molecule has 0 aromatic heterocycles. The molecule has 0 spiro atoms. The van der Waals surface area contributed by atoms with Crippen LogP contribution in [0.4, 0.5) is 0 Å². The molecule has 0 atom stereocenters. The van der Waals surface area contributed by atoms with Crippen LogP contribution in [-0.2, 0) is 0 Å². The van der Waals surface area contributed by atoms with Crippen LogP contribution >= 0.6 is 0 Å². The highest BCUT2D eigenvalue weighted by atomic mass is 28.1. The van der Waals surface area contributed by atoms with Gasteiger partial charge in [0, 0.05) is 10.2 Å². The lowest BCUT2D eigenvalue weighted by Crippen LogP contribution is -1.65. The van der Waals surface area contributed by atoms with Crippen LogP contribution in [-0.4, -0.2) is 10.2 Å². The number of hydrogen-bond acceptors (Lipinski definition) is 0. The van der Waals surface area contributed by atoms with E-state index in [0.717, 1.165) is 6.42 Å². The van der Waals surface area contributed by atoms with Crippen molar-refractivity contribution >= 4 is 10.2 Å². The summed E-state index contributed by atoms with van der Waals surface area (Å²) in [7, 11) is 1.33. The van der Waals surface area contributed by atoms with E-state index < -0.39 is 0 Å². The van der Waals surface area contributed by atoms with Gasteiger partial charge in [0.05, 0.1) is 0 Å². The molecule has 0 N–H and O–H groups in total. The molecule has 1 heteroatoms. The summed E-state index contributed by atoms with van der Waals surface area (Å²) in [5.74, 6) is 0. The van der Waals surface area contributed by atoms with Gasteiger partial charge in [0.25, 0.3) is 0 Å². The largest absolute Gasteiger partial charge is 0.0846 e. The quantitative estimate of drug-likeness (QED) is 0.358. The lowest BCUT2D eigenvalue weighted by molar-refractivity contribution is 0.956. The van der Waals surface area contributed by atoms with Crippen molar-refractivity contribution in [3.8, 4) is 0 Å². The third-order valence-corrected chi connectivity index (χ3v) is 1.43. The maximum atomic E-state index is 5.11. The molecule has 0 rings (SSSR count). The summed E-state index contributed by atoms with van der Waals surface area (Å²) in [6, 6.07) is 1.38. The maximum absolute atomic E-state index is 5.11. The summed E-state index contributed by atoms with van der Waals surface area (Å²) >= 11 is 0. The summed E-state index contributed by atoms with van der Waals surface area (Å²) < 4.78 is 0. The molecule has 1 radical (unpaired) electrons. The Hall–Kier alpha value is -0.0431. The third kappa shape index (κ3) is 3.96. The first-order valence-corrected chi connectivity index (χ1v) is 3.86. The van der Waals surface area contributed by atoms with Crippen LogP contribution < -0.4 is 0 Å². The van der Waals surface area contributed by atoms with Crippen molar-refractivity contribution in [2.24, 2.45) is 0 Å². The second-order valence-electron chi connectivity index (χ2n) is 1.38. The standard InChI is InChI=1S/C5H11Si/c1-2-3-4-5-6/h1-2H,3-5H2,6H3. The van der Waals surface area contributed by atoms with Gasteiger partial charge >= 0.3 is 0 Å². The van der Waals surface area contributed by atoms with Crippen LogP contribution in [0.15, 0.2) is 6.08 Å². The smallest absolute Gasteiger partial charge is 0.00281 e. The van der Waals surface area contributed by atoms with Gasteiger partial charge in [0.15, 0.2) is 0 Å². The van der Waals surface area contributed by atoms with E-state index in [1.165, 1.54) is 22.7 Å². The minimum Gasteiger partial charge on any atom is -0.0846 e. The van der Waals surface area contributed by atoms with Crippen LogP contribution in [0.3, 0.4) is 0 Å². The normalized spacial score (nSPS) is 8.67. The molecule has 0 fully saturated rings. The molecule has 0 nitrogen and oxygen atoms in total. The van der Waals surface area contributed by atoms with Crippen molar-refractivity contribution in [1.29, 1.82) is 0 Å². The van der Waals surface area contributed by atoms with Gasteiger partial charge in [-0.05, 0) is 6.42 Å². The Balaban J connectivity index is 2.49. The molecule has 6 heavy (non-hydrogen) atoms. The Morgan fingerprint density at radius 3 is 2.50 bits per heavy atom. The Morgan fingerprint density at radius 2 is 2.33 bits per heavy atom. The molecule has 0 saturated heterocycles. The van der Waals surface area contributed by atoms with Crippen molar-refractivity contribution in [1.82, 2.24) is 0 Å². The number of unbranched alkanes of at least 4 members (excludes halogenated alkanes) is 1. The molecule has 0 amide bonds. The second-order valence-corrected chi connectivity index (χ2v) is 2.38. The van der Waals surface area contributed by atoms with Crippen LogP contribution in [0.5, 0.6) is 0 Å². The van der Waals surface area contributed by atoms with Gasteiger partial charge in [0.1, 0.15) is 0 Å². The molecule has 0 heterocycles. The Labute approximate surface area is 42.7 Å². The van der Waals surface area contributed by atoms with Gasteiger partial charge in [-0.2, -0.15) is 0 Å². The van der Waals surface area contributed by atoms with E-state index in [1.807, 2.05) is 0 Å². The lowest BCUT2D eigenvalue weighted by atomic mass is 10.3. The highest BCUT2D eigenvalue weighted by molar-refractivity contribution is 6.08. The Morgan fingerprint density at radius 1 is 1.67 bits per heavy atom. The van der Waals surface area contributed by atoms with Gasteiger partial charge in [-0.3, -0.25) is 0 Å². The van der Waals surface area contributed by atoms with Crippen molar-refractivity contribution in [2.45, 2.75) is 18.9 Å². The van der Waals surface area contributed by atoms with E-state index in [-0.39, 0.29) is 0 Å². The fraction of sp³-hybridized carbons (Fsp3) is 0.600. The monoisotopic (exact) mass is 99.1 g/mol. The van der Waals surface area contributed by atoms with E-state index >= 15 is 0 Å². The molecule has 0 aliphatic heterocycles. The van der Waals surface area contributed by atoms with Gasteiger partial charge in [-0.25, -0.2) is 0 Å². The summed E-state index contributed by atoms with van der Waals surface area (Å²) in [4.78, 5) is 0. The second kappa shape index (κ2) is 4.96. The van der Waals surface area contributed by atoms with Crippen molar-refractivity contribution in [3.63, 3.8) is 0 Å². The number of rotatable bonds is 3. The maximum Gasteiger partial charge on any atom is 0.00281 e. The van der Waals surface area contributed by atoms with Crippen LogP contribution in [0.25, 0.3) is 0 Å². The zero-order valence-electron chi connectivity index (χ0n) is 4.28. The lowest BCUT2D eigenvalue weighted by Gasteiger charge is -1.81. The van der Waals surface area contributed by atoms with Gasteiger partial charge in [-0.15, -0.1) is 0 Å². The highest BCUT2D eigenvalue weighted by Crippen LogP contribution is 1.89. The molecule has 0 aliphatic rings. The van der Waals surface area contributed by atoms with E-state index in [9.17, 15) is 0 Å². The molecule has 0 aromatic rings. The summed E-state index contributed by atoms with van der Waals surface area (Å²) in [6.45, 7) is 5.11. The van der Waals surface area contributed by atoms with Crippen molar-refractivity contribution in [2.75, 3.05) is 0 Å². The summed E-state index contributed by atoms with van der Waals surface area (Å²) in [5.41, 5.74) is 0. The van der Waals surface area contributed by atoms with E-state index in [4.69, 9.17) is 6.58 Å². The van der Waals surface area contributed by atoms with E-state index in [1.54, 1.807) is 6.08 Å². The molecule has 0 saturated carbocycles. The average molecular weight is 99.2 g/mol. The average Bonchev–Trinajstić information content (AvgIpc) is 1.61. The molecule has 0 aromatic carbocycles. The molecular weight excluding hydrogens is 88.1 g/mol. The number of allylic oxidation sites excluding steroid dienone is 1. The molecule has 0 aliphatic carbocycles. The predicted octanol–water partition coefficient (Wildman–Crippen LogP) is 0.539. The van der Waals surface area contributed by atoms with Crippen LogP contribution in [0.2, 0.25) is 6.04 Å². The first kappa shape index (κ1) is 5.96.